The van der Waals surface area contributed by atoms with Crippen LogP contribution in [0.2, 0.25) is 0 Å². The number of hydrogen-bond donors (Lipinski definition) is 0. The van der Waals surface area contributed by atoms with E-state index in [1.54, 1.807) is 19.5 Å². The summed E-state index contributed by atoms with van der Waals surface area (Å²) in [7, 11) is -1.43. The maximum absolute atomic E-state index is 11.4. The monoisotopic (exact) mass is 369 g/mol. The average molecular weight is 370 g/mol. The van der Waals surface area contributed by atoms with Gasteiger partial charge in [0.2, 0.25) is 0 Å². The van der Waals surface area contributed by atoms with Crippen LogP contribution in [-0.2, 0) is 15.6 Å². The molecule has 0 radical (unpaired) electrons. The van der Waals surface area contributed by atoms with Crippen molar-refractivity contribution in [3.8, 4) is 16.9 Å². The average Bonchev–Trinajstić information content (AvgIpc) is 2.36. The van der Waals surface area contributed by atoms with Gasteiger partial charge in [0.1, 0.15) is 5.75 Å². The Labute approximate surface area is 133 Å². The lowest BCUT2D eigenvalue weighted by molar-refractivity contribution is 0.413. The minimum atomic E-state index is -3.04. The van der Waals surface area contributed by atoms with E-state index in [-0.39, 0.29) is 5.75 Å². The molecule has 6 heteroatoms. The van der Waals surface area contributed by atoms with Crippen LogP contribution in [-0.4, -0.2) is 26.8 Å². The van der Waals surface area contributed by atoms with Crippen molar-refractivity contribution in [3.05, 3.63) is 46.2 Å². The molecule has 0 atom stereocenters. The van der Waals surface area contributed by atoms with Crippen LogP contribution in [0.3, 0.4) is 0 Å². The summed E-state index contributed by atoms with van der Waals surface area (Å²) in [5.74, 6) is 0.756. The number of hydrogen-bond acceptors (Lipinski definition) is 4. The molecule has 1 aromatic heterocycles. The van der Waals surface area contributed by atoms with Crippen LogP contribution in [0, 0.1) is 6.92 Å². The summed E-state index contributed by atoms with van der Waals surface area (Å²) in [6.07, 6.45) is 4.65. The lowest BCUT2D eigenvalue weighted by atomic mass is 9.99. The number of aromatic nitrogens is 1. The largest absolute Gasteiger partial charge is 0.495 e. The fraction of sp³-hybridized carbons (Fsp3) is 0.267. The van der Waals surface area contributed by atoms with Crippen LogP contribution in [0.5, 0.6) is 5.75 Å². The summed E-state index contributed by atoms with van der Waals surface area (Å²) in [5, 5.41) is 0. The molecule has 0 amide bonds. The standard InChI is InChI=1S/C15H16BrNO3S/c1-10-6-11(9-21(3,18)19)4-5-12(10)13-7-17-8-14(16)15(13)20-2/h4-8H,9H2,1-3H3. The molecule has 2 rings (SSSR count). The summed E-state index contributed by atoms with van der Waals surface area (Å²) in [6, 6.07) is 5.61. The SMILES string of the molecule is COc1c(Br)cncc1-c1ccc(CS(C)(=O)=O)cc1C. The molecule has 0 N–H and O–H groups in total. The molecular formula is C15H16BrNO3S. The fourth-order valence-corrected chi connectivity index (χ4v) is 3.52. The van der Waals surface area contributed by atoms with Gasteiger partial charge >= 0.3 is 0 Å². The van der Waals surface area contributed by atoms with Gasteiger partial charge in [-0.2, -0.15) is 0 Å². The molecule has 0 fully saturated rings. The Morgan fingerprint density at radius 2 is 1.95 bits per heavy atom. The third-order valence-electron chi connectivity index (χ3n) is 3.07. The molecule has 0 saturated carbocycles. The van der Waals surface area contributed by atoms with Gasteiger partial charge in [-0.25, -0.2) is 8.42 Å². The van der Waals surface area contributed by atoms with Gasteiger partial charge in [0.15, 0.2) is 9.84 Å². The fourth-order valence-electron chi connectivity index (χ4n) is 2.24. The van der Waals surface area contributed by atoms with Crippen molar-refractivity contribution in [2.45, 2.75) is 12.7 Å². The summed E-state index contributed by atoms with van der Waals surface area (Å²) in [4.78, 5) is 4.17. The Hall–Kier alpha value is -1.40. The molecular weight excluding hydrogens is 354 g/mol. The highest BCUT2D eigenvalue weighted by atomic mass is 79.9. The van der Waals surface area contributed by atoms with Crippen LogP contribution < -0.4 is 4.74 Å². The number of rotatable bonds is 4. The molecule has 4 nitrogen and oxygen atoms in total. The van der Waals surface area contributed by atoms with E-state index in [0.29, 0.717) is 5.75 Å². The van der Waals surface area contributed by atoms with Crippen LogP contribution >= 0.6 is 15.9 Å². The maximum atomic E-state index is 11.4. The normalized spacial score (nSPS) is 11.4. The second-order valence-electron chi connectivity index (χ2n) is 4.92. The topological polar surface area (TPSA) is 56.3 Å². The summed E-state index contributed by atoms with van der Waals surface area (Å²) in [5.41, 5.74) is 3.60. The quantitative estimate of drug-likeness (QED) is 0.828. The Morgan fingerprint density at radius 1 is 1.24 bits per heavy atom. The maximum Gasteiger partial charge on any atom is 0.151 e. The van der Waals surface area contributed by atoms with Crippen molar-refractivity contribution in [3.63, 3.8) is 0 Å². The van der Waals surface area contributed by atoms with Crippen molar-refractivity contribution in [1.29, 1.82) is 0 Å². The van der Waals surface area contributed by atoms with E-state index in [4.69, 9.17) is 4.74 Å². The van der Waals surface area contributed by atoms with Crippen LogP contribution in [0.15, 0.2) is 35.1 Å². The van der Waals surface area contributed by atoms with Gasteiger partial charge < -0.3 is 4.74 Å². The first-order valence-electron chi connectivity index (χ1n) is 6.27. The summed E-state index contributed by atoms with van der Waals surface area (Å²) in [6.45, 7) is 1.95. The predicted octanol–water partition coefficient (Wildman–Crippen LogP) is 3.37. The first-order chi connectivity index (χ1) is 9.81. The molecule has 0 spiro atoms. The predicted molar refractivity (Wildman–Crippen MR) is 87.2 cm³/mol. The lowest BCUT2D eigenvalue weighted by Gasteiger charge is -2.13. The van der Waals surface area contributed by atoms with Gasteiger partial charge in [-0.05, 0) is 39.5 Å². The van der Waals surface area contributed by atoms with E-state index in [2.05, 4.69) is 20.9 Å². The minimum Gasteiger partial charge on any atom is -0.495 e. The van der Waals surface area contributed by atoms with Crippen LogP contribution in [0.1, 0.15) is 11.1 Å². The van der Waals surface area contributed by atoms with Crippen LogP contribution in [0.4, 0.5) is 0 Å². The highest BCUT2D eigenvalue weighted by Gasteiger charge is 2.13. The summed E-state index contributed by atoms with van der Waals surface area (Å²) < 4.78 is 28.9. The summed E-state index contributed by atoms with van der Waals surface area (Å²) >= 11 is 3.42. The van der Waals surface area contributed by atoms with Crippen molar-refractivity contribution in [1.82, 2.24) is 4.98 Å². The van der Waals surface area contributed by atoms with E-state index in [0.717, 1.165) is 26.7 Å². The zero-order valence-electron chi connectivity index (χ0n) is 12.1. The number of halogens is 1. The molecule has 0 saturated heterocycles. The first kappa shape index (κ1) is 16.0. The zero-order chi connectivity index (χ0) is 15.6. The van der Waals surface area contributed by atoms with Gasteiger partial charge in [-0.1, -0.05) is 18.2 Å². The number of sulfone groups is 1. The van der Waals surface area contributed by atoms with E-state index in [1.807, 2.05) is 25.1 Å². The highest BCUT2D eigenvalue weighted by molar-refractivity contribution is 9.10. The number of methoxy groups -OCH3 is 1. The molecule has 0 aliphatic carbocycles. The second kappa shape index (κ2) is 6.15. The molecule has 21 heavy (non-hydrogen) atoms. The Morgan fingerprint density at radius 3 is 2.52 bits per heavy atom. The number of benzene rings is 1. The molecule has 1 aromatic carbocycles. The molecule has 0 bridgehead atoms. The van der Waals surface area contributed by atoms with Crippen molar-refractivity contribution >= 4 is 25.8 Å². The van der Waals surface area contributed by atoms with Gasteiger partial charge in [0.05, 0.1) is 17.3 Å². The van der Waals surface area contributed by atoms with E-state index >= 15 is 0 Å². The molecule has 0 aliphatic rings. The minimum absolute atomic E-state index is 0.0436. The third kappa shape index (κ3) is 3.83. The van der Waals surface area contributed by atoms with E-state index in [1.165, 1.54) is 6.26 Å². The Kier molecular flexibility index (Phi) is 4.68. The molecule has 0 aliphatic heterocycles. The van der Waals surface area contributed by atoms with Gasteiger partial charge in [-0.3, -0.25) is 4.98 Å². The van der Waals surface area contributed by atoms with E-state index < -0.39 is 9.84 Å². The van der Waals surface area contributed by atoms with Crippen molar-refractivity contribution < 1.29 is 13.2 Å². The number of ether oxygens (including phenoxy) is 1. The van der Waals surface area contributed by atoms with Gasteiger partial charge in [-0.15, -0.1) is 0 Å². The Balaban J connectivity index is 2.50. The van der Waals surface area contributed by atoms with E-state index in [9.17, 15) is 8.42 Å². The highest BCUT2D eigenvalue weighted by Crippen LogP contribution is 2.36. The zero-order valence-corrected chi connectivity index (χ0v) is 14.5. The van der Waals surface area contributed by atoms with Crippen LogP contribution in [0.25, 0.3) is 11.1 Å². The molecule has 112 valence electrons. The number of nitrogens with zero attached hydrogens (tertiary/aromatic N) is 1. The first-order valence-corrected chi connectivity index (χ1v) is 9.12. The van der Waals surface area contributed by atoms with Gasteiger partial charge in [0, 0.05) is 24.2 Å². The Bertz CT molecular complexity index is 772. The van der Waals surface area contributed by atoms with Crippen molar-refractivity contribution in [2.75, 3.05) is 13.4 Å². The lowest BCUT2D eigenvalue weighted by Crippen LogP contribution is -2.01. The number of pyridine rings is 1. The molecule has 2 aromatic rings. The second-order valence-corrected chi connectivity index (χ2v) is 7.92. The van der Waals surface area contributed by atoms with Crippen molar-refractivity contribution in [2.24, 2.45) is 0 Å². The molecule has 0 unspecified atom stereocenters. The number of aryl methyl sites for hydroxylation is 1. The third-order valence-corrected chi connectivity index (χ3v) is 4.49. The smallest absolute Gasteiger partial charge is 0.151 e. The van der Waals surface area contributed by atoms with Gasteiger partial charge in [0.25, 0.3) is 0 Å². The molecule has 1 heterocycles.